The third-order valence-electron chi connectivity index (χ3n) is 8.77. The molecule has 1 aliphatic heterocycles. The van der Waals surface area contributed by atoms with Gasteiger partial charge in [-0.05, 0) is 76.2 Å². The lowest BCUT2D eigenvalue weighted by molar-refractivity contribution is -0.140. The topological polar surface area (TPSA) is 93.3 Å². The van der Waals surface area contributed by atoms with Crippen molar-refractivity contribution >= 4 is 11.8 Å². The van der Waals surface area contributed by atoms with Crippen molar-refractivity contribution in [1.82, 2.24) is 19.6 Å². The Labute approximate surface area is 207 Å². The van der Waals surface area contributed by atoms with Gasteiger partial charge in [-0.25, -0.2) is 4.39 Å². The molecule has 1 aromatic rings. The molecule has 1 saturated heterocycles. The number of hydrogen-bond donors (Lipinski definition) is 2. The quantitative estimate of drug-likeness (QED) is 0.575. The highest BCUT2D eigenvalue weighted by Gasteiger charge is 2.55. The Balaban J connectivity index is 1.55. The number of likely N-dealkylation sites (N-methyl/N-ethyl adjacent to an activating group) is 1. The van der Waals surface area contributed by atoms with Gasteiger partial charge in [0.15, 0.2) is 6.35 Å². The van der Waals surface area contributed by atoms with E-state index in [9.17, 15) is 19.1 Å². The lowest BCUT2D eigenvalue weighted by atomic mass is 9.68. The molecule has 1 atom stereocenters. The molecule has 1 spiro atoms. The molecule has 1 heterocycles. The Kier molecular flexibility index (Phi) is 7.52. The molecule has 2 amide bonds. The maximum Gasteiger partial charge on any atom is 0.237 e. The number of primary amides is 1. The number of hydrogen-bond acceptors (Lipinski definition) is 6. The van der Waals surface area contributed by atoms with Crippen LogP contribution in [0.3, 0.4) is 0 Å². The lowest BCUT2D eigenvalue weighted by Gasteiger charge is -2.52. The summed E-state index contributed by atoms with van der Waals surface area (Å²) in [5.74, 6) is -0.451. The van der Waals surface area contributed by atoms with Gasteiger partial charge >= 0.3 is 0 Å². The summed E-state index contributed by atoms with van der Waals surface area (Å²) in [5.41, 5.74) is 5.72. The Morgan fingerprint density at radius 3 is 2.40 bits per heavy atom. The maximum absolute atomic E-state index is 14.1. The Hall–Kier alpha value is -2.07. The van der Waals surface area contributed by atoms with Crippen LogP contribution in [0.5, 0.6) is 0 Å². The predicted molar refractivity (Wildman–Crippen MR) is 131 cm³/mol. The van der Waals surface area contributed by atoms with Crippen molar-refractivity contribution in [2.45, 2.75) is 62.4 Å². The Bertz CT molecular complexity index is 929. The molecule has 194 valence electrons. The average molecular weight is 490 g/mol. The third kappa shape index (κ3) is 5.09. The van der Waals surface area contributed by atoms with Crippen molar-refractivity contribution in [3.63, 3.8) is 0 Å². The fourth-order valence-corrected chi connectivity index (χ4v) is 6.33. The smallest absolute Gasteiger partial charge is 0.237 e. The fraction of sp³-hybridized carbons (Fsp3) is 0.692. The summed E-state index contributed by atoms with van der Waals surface area (Å²) < 4.78 is 14.1. The minimum Gasteiger partial charge on any atom is -0.368 e. The van der Waals surface area contributed by atoms with Gasteiger partial charge in [-0.1, -0.05) is 18.6 Å². The van der Waals surface area contributed by atoms with E-state index in [-0.39, 0.29) is 35.9 Å². The molecular weight excluding hydrogens is 449 g/mol. The van der Waals surface area contributed by atoms with Crippen molar-refractivity contribution in [2.24, 2.45) is 11.7 Å². The summed E-state index contributed by atoms with van der Waals surface area (Å²) in [4.78, 5) is 31.6. The van der Waals surface area contributed by atoms with E-state index in [1.807, 2.05) is 11.0 Å². The summed E-state index contributed by atoms with van der Waals surface area (Å²) in [6.45, 7) is 1.30. The van der Waals surface area contributed by atoms with Crippen LogP contribution in [0.25, 0.3) is 0 Å². The van der Waals surface area contributed by atoms with Crippen LogP contribution in [0.4, 0.5) is 4.39 Å². The average Bonchev–Trinajstić information content (AvgIpc) is 3.01. The second-order valence-electron chi connectivity index (χ2n) is 11.1. The van der Waals surface area contributed by atoms with Gasteiger partial charge in [0.25, 0.3) is 0 Å². The molecule has 2 aliphatic carbocycles. The van der Waals surface area contributed by atoms with Gasteiger partial charge in [0.05, 0.1) is 13.1 Å². The first kappa shape index (κ1) is 26.0. The van der Waals surface area contributed by atoms with Gasteiger partial charge in [-0.2, -0.15) is 0 Å². The number of carbonyl (C=O) groups excluding carboxylic acids is 2. The van der Waals surface area contributed by atoms with E-state index in [0.717, 1.165) is 37.8 Å². The molecule has 9 heteroatoms. The molecule has 3 N–H and O–H groups in total. The van der Waals surface area contributed by atoms with E-state index >= 15 is 0 Å². The van der Waals surface area contributed by atoms with Gasteiger partial charge in [0.1, 0.15) is 5.82 Å². The van der Waals surface area contributed by atoms with Crippen LogP contribution >= 0.6 is 0 Å². The molecule has 1 aromatic carbocycles. The molecule has 0 aromatic heterocycles. The first-order valence-corrected chi connectivity index (χ1v) is 12.7. The number of aliphatic hydroxyl groups is 1. The van der Waals surface area contributed by atoms with Gasteiger partial charge in [0, 0.05) is 31.2 Å². The van der Waals surface area contributed by atoms with Crippen LogP contribution in [-0.4, -0.2) is 95.7 Å². The van der Waals surface area contributed by atoms with E-state index in [4.69, 9.17) is 5.73 Å². The highest BCUT2D eigenvalue weighted by Crippen LogP contribution is 2.50. The van der Waals surface area contributed by atoms with E-state index in [1.165, 1.54) is 30.2 Å². The van der Waals surface area contributed by atoms with Crippen LogP contribution in [0.1, 0.15) is 50.5 Å². The predicted octanol–water partition coefficient (Wildman–Crippen LogP) is 1.53. The second kappa shape index (κ2) is 10.1. The number of aliphatic hydroxyl groups excluding tert-OH is 1. The van der Waals surface area contributed by atoms with Crippen molar-refractivity contribution < 1.29 is 19.1 Å². The summed E-state index contributed by atoms with van der Waals surface area (Å²) in [6, 6.07) is 6.91. The molecule has 0 radical (unpaired) electrons. The van der Waals surface area contributed by atoms with E-state index in [1.54, 1.807) is 19.2 Å². The molecule has 1 unspecified atom stereocenters. The SMILES string of the molecule is CN(CC(N)=O)C(=O)CN1C[C@]2(CC[C@](c3cccc(F)c3)(N(C)C)CC2)N(CC2CCC2)C1O. The number of carbonyl (C=O) groups is 2. The monoisotopic (exact) mass is 489 g/mol. The van der Waals surface area contributed by atoms with Crippen molar-refractivity contribution in [3.8, 4) is 0 Å². The van der Waals surface area contributed by atoms with Gasteiger partial charge in [-0.15, -0.1) is 0 Å². The van der Waals surface area contributed by atoms with Crippen LogP contribution in [-0.2, 0) is 15.1 Å². The standard InChI is InChI=1S/C26H40FN5O3/c1-29(2)26(20-8-5-9-21(27)14-20)12-10-25(11-13-26)18-31(17-23(34)30(3)16-22(28)33)24(35)32(25)15-19-6-4-7-19/h5,8-9,14,19,24,35H,4,6-7,10-13,15-18H2,1-3H3,(H2,28,33)/t24?,25-,26+. The summed E-state index contributed by atoms with van der Waals surface area (Å²) in [7, 11) is 5.67. The highest BCUT2D eigenvalue weighted by molar-refractivity contribution is 5.84. The van der Waals surface area contributed by atoms with E-state index in [0.29, 0.717) is 12.5 Å². The van der Waals surface area contributed by atoms with E-state index in [2.05, 4.69) is 23.9 Å². The third-order valence-corrected chi connectivity index (χ3v) is 8.77. The molecule has 35 heavy (non-hydrogen) atoms. The van der Waals surface area contributed by atoms with Crippen LogP contribution in [0, 0.1) is 11.7 Å². The summed E-state index contributed by atoms with van der Waals surface area (Å²) >= 11 is 0. The first-order valence-electron chi connectivity index (χ1n) is 12.7. The lowest BCUT2D eigenvalue weighted by Crippen LogP contribution is -2.57. The number of benzene rings is 1. The van der Waals surface area contributed by atoms with Gasteiger partial charge < -0.3 is 15.7 Å². The zero-order valence-electron chi connectivity index (χ0n) is 21.3. The van der Waals surface area contributed by atoms with Gasteiger partial charge in [-0.3, -0.25) is 24.3 Å². The molecular formula is C26H40FN5O3. The molecule has 0 bridgehead atoms. The number of rotatable bonds is 8. The number of nitrogens with two attached hydrogens (primary N) is 1. The first-order chi connectivity index (χ1) is 16.6. The molecule has 2 saturated carbocycles. The zero-order chi connectivity index (χ0) is 25.4. The minimum atomic E-state index is -0.845. The van der Waals surface area contributed by atoms with Crippen molar-refractivity contribution in [3.05, 3.63) is 35.6 Å². The largest absolute Gasteiger partial charge is 0.368 e. The zero-order valence-corrected chi connectivity index (χ0v) is 21.3. The maximum atomic E-state index is 14.1. The number of amides is 2. The second-order valence-corrected chi connectivity index (χ2v) is 11.1. The number of halogens is 1. The summed E-state index contributed by atoms with van der Waals surface area (Å²) in [5, 5.41) is 11.4. The van der Waals surface area contributed by atoms with Crippen molar-refractivity contribution in [1.29, 1.82) is 0 Å². The van der Waals surface area contributed by atoms with Crippen LogP contribution in [0.15, 0.2) is 24.3 Å². The molecule has 3 fully saturated rings. The minimum absolute atomic E-state index is 0.0383. The number of nitrogens with zero attached hydrogens (tertiary/aromatic N) is 4. The Morgan fingerprint density at radius 1 is 1.17 bits per heavy atom. The highest BCUT2D eigenvalue weighted by atomic mass is 19.1. The normalized spacial score (nSPS) is 30.1. The van der Waals surface area contributed by atoms with Crippen LogP contribution < -0.4 is 5.73 Å². The fourth-order valence-electron chi connectivity index (χ4n) is 6.33. The van der Waals surface area contributed by atoms with Crippen molar-refractivity contribution in [2.75, 3.05) is 47.3 Å². The van der Waals surface area contributed by atoms with Gasteiger partial charge in [0.2, 0.25) is 11.8 Å². The Morgan fingerprint density at radius 2 is 1.86 bits per heavy atom. The van der Waals surface area contributed by atoms with E-state index < -0.39 is 12.3 Å². The summed E-state index contributed by atoms with van der Waals surface area (Å²) in [6.07, 6.45) is 6.07. The van der Waals surface area contributed by atoms with Crippen LogP contribution in [0.2, 0.25) is 0 Å². The molecule has 3 aliphatic rings. The molecule has 4 rings (SSSR count). The molecule has 8 nitrogen and oxygen atoms in total.